The molecule has 144 valence electrons. The van der Waals surface area contributed by atoms with E-state index < -0.39 is 32.3 Å². The van der Waals surface area contributed by atoms with E-state index in [1.54, 1.807) is 13.8 Å². The molecule has 11 heteroatoms. The number of nitrogens with one attached hydrogen (secondary N) is 1. The van der Waals surface area contributed by atoms with Crippen LogP contribution in [-0.2, 0) is 21.8 Å². The van der Waals surface area contributed by atoms with Crippen LogP contribution >= 0.6 is 27.3 Å². The average Bonchev–Trinajstić information content (AvgIpc) is 3.01. The Morgan fingerprint density at radius 1 is 1.27 bits per heavy atom. The molecule has 2 rings (SSSR count). The van der Waals surface area contributed by atoms with Crippen LogP contribution in [0, 0.1) is 0 Å². The summed E-state index contributed by atoms with van der Waals surface area (Å²) in [5, 5.41) is 11.8. The van der Waals surface area contributed by atoms with Crippen molar-refractivity contribution in [2.75, 3.05) is 4.72 Å². The lowest BCUT2D eigenvalue weighted by Crippen LogP contribution is -2.24. The number of halogens is 4. The molecule has 0 atom stereocenters. The molecule has 0 spiro atoms. The van der Waals surface area contributed by atoms with Crippen molar-refractivity contribution in [3.05, 3.63) is 39.3 Å². The van der Waals surface area contributed by atoms with Crippen molar-refractivity contribution in [2.24, 2.45) is 0 Å². The Balaban J connectivity index is 2.41. The average molecular weight is 473 g/mol. The highest BCUT2D eigenvalue weighted by Crippen LogP contribution is 2.37. The summed E-state index contributed by atoms with van der Waals surface area (Å²) >= 11 is 3.80. The van der Waals surface area contributed by atoms with Crippen LogP contribution in [0.4, 0.5) is 18.3 Å². The van der Waals surface area contributed by atoms with Crippen molar-refractivity contribution in [1.29, 1.82) is 0 Å². The minimum absolute atomic E-state index is 0.108. The second kappa shape index (κ2) is 7.45. The molecule has 0 saturated heterocycles. The summed E-state index contributed by atoms with van der Waals surface area (Å²) in [6.45, 7) is 3.51. The zero-order chi connectivity index (χ0) is 19.8. The number of hydrogen-bond donors (Lipinski definition) is 2. The van der Waals surface area contributed by atoms with Gasteiger partial charge in [0.05, 0.1) is 16.2 Å². The molecule has 0 radical (unpaired) electrons. The summed E-state index contributed by atoms with van der Waals surface area (Å²) in [5.41, 5.74) is -2.22. The second-order valence-electron chi connectivity index (χ2n) is 5.52. The van der Waals surface area contributed by atoms with Gasteiger partial charge < -0.3 is 5.11 Å². The summed E-state index contributed by atoms with van der Waals surface area (Å²) in [7, 11) is -4.51. The number of alkyl halides is 3. The van der Waals surface area contributed by atoms with Gasteiger partial charge in [-0.1, -0.05) is 29.8 Å². The van der Waals surface area contributed by atoms with E-state index >= 15 is 0 Å². The molecule has 26 heavy (non-hydrogen) atoms. The Bertz CT molecular complexity index is 894. The molecule has 1 heterocycles. The third-order valence-corrected chi connectivity index (χ3v) is 6.69. The first-order valence-corrected chi connectivity index (χ1v) is 10.7. The molecule has 0 fully saturated rings. The highest BCUT2D eigenvalue weighted by atomic mass is 79.9. The maximum Gasteiger partial charge on any atom is 0.417 e. The highest BCUT2D eigenvalue weighted by molar-refractivity contribution is 9.10. The number of benzene rings is 1. The van der Waals surface area contributed by atoms with Crippen molar-refractivity contribution >= 4 is 42.4 Å². The van der Waals surface area contributed by atoms with Gasteiger partial charge in [-0.25, -0.2) is 13.4 Å². The van der Waals surface area contributed by atoms with Crippen LogP contribution < -0.4 is 4.72 Å². The Hall–Kier alpha value is -1.17. The molecule has 0 unspecified atom stereocenters. The summed E-state index contributed by atoms with van der Waals surface area (Å²) < 4.78 is 66.7. The topological polar surface area (TPSA) is 79.3 Å². The number of rotatable bonds is 6. The number of nitrogens with zero attached hydrogens (tertiary/aromatic N) is 1. The van der Waals surface area contributed by atoms with Crippen molar-refractivity contribution in [3.8, 4) is 0 Å². The van der Waals surface area contributed by atoms with Crippen molar-refractivity contribution in [3.63, 3.8) is 0 Å². The van der Waals surface area contributed by atoms with Crippen LogP contribution in [0.15, 0.2) is 32.9 Å². The van der Waals surface area contributed by atoms with Crippen molar-refractivity contribution < 1.29 is 26.7 Å². The molecule has 5 nitrogen and oxygen atoms in total. The molecule has 0 aliphatic heterocycles. The molecule has 1 aromatic heterocycles. The Labute approximate surface area is 161 Å². The van der Waals surface area contributed by atoms with Gasteiger partial charge in [-0.3, -0.25) is 4.72 Å². The van der Waals surface area contributed by atoms with Crippen LogP contribution in [0.5, 0.6) is 0 Å². The smallest absolute Gasteiger partial charge is 0.384 e. The standard InChI is InChI=1S/C15H16BrF3N2O3S2/c1-3-14(22,4-2)12-8-25-13(20-12)21-26(23,24)11-6-5-9(16)7-10(11)15(17,18)19/h5-8,22H,3-4H2,1-2H3,(H,20,21). The van der Waals surface area contributed by atoms with Gasteiger partial charge in [-0.15, -0.1) is 11.3 Å². The first-order valence-electron chi connectivity index (χ1n) is 7.51. The largest absolute Gasteiger partial charge is 0.417 e. The summed E-state index contributed by atoms with van der Waals surface area (Å²) in [4.78, 5) is 3.13. The molecule has 2 aromatic rings. The Morgan fingerprint density at radius 2 is 1.88 bits per heavy atom. The van der Waals surface area contributed by atoms with Crippen molar-refractivity contribution in [2.45, 2.75) is 43.4 Å². The predicted molar refractivity (Wildman–Crippen MR) is 96.5 cm³/mol. The molecule has 0 aliphatic rings. The van der Waals surface area contributed by atoms with E-state index in [2.05, 4.69) is 25.6 Å². The summed E-state index contributed by atoms with van der Waals surface area (Å²) in [5.74, 6) is 0. The lowest BCUT2D eigenvalue weighted by atomic mass is 9.94. The summed E-state index contributed by atoms with van der Waals surface area (Å²) in [6.07, 6.45) is -4.11. The van der Waals surface area contributed by atoms with Gasteiger partial charge in [0, 0.05) is 9.85 Å². The number of hydrogen-bond acceptors (Lipinski definition) is 5. The van der Waals surface area contributed by atoms with Gasteiger partial charge in [-0.05, 0) is 31.0 Å². The Morgan fingerprint density at radius 3 is 2.42 bits per heavy atom. The zero-order valence-corrected chi connectivity index (χ0v) is 17.0. The van der Waals surface area contributed by atoms with Crippen LogP contribution in [0.3, 0.4) is 0 Å². The zero-order valence-electron chi connectivity index (χ0n) is 13.8. The van der Waals surface area contributed by atoms with Gasteiger partial charge in [0.25, 0.3) is 10.0 Å². The quantitative estimate of drug-likeness (QED) is 0.636. The SMILES string of the molecule is CCC(O)(CC)c1csc(NS(=O)(=O)c2ccc(Br)cc2C(F)(F)F)n1. The fraction of sp³-hybridized carbons (Fsp3) is 0.400. The lowest BCUT2D eigenvalue weighted by molar-refractivity contribution is -0.139. The third kappa shape index (κ3) is 4.38. The molecular weight excluding hydrogens is 457 g/mol. The van der Waals surface area contributed by atoms with Gasteiger partial charge in [0.15, 0.2) is 5.13 Å². The van der Waals surface area contributed by atoms with Gasteiger partial charge in [-0.2, -0.15) is 13.2 Å². The van der Waals surface area contributed by atoms with E-state index in [-0.39, 0.29) is 15.3 Å². The van der Waals surface area contributed by atoms with Gasteiger partial charge >= 0.3 is 6.18 Å². The van der Waals surface area contributed by atoms with Crippen LogP contribution in [0.1, 0.15) is 37.9 Å². The first kappa shape index (κ1) is 21.1. The second-order valence-corrected chi connectivity index (χ2v) is 8.94. The minimum atomic E-state index is -4.84. The molecule has 0 bridgehead atoms. The van der Waals surface area contributed by atoms with Crippen LogP contribution in [0.2, 0.25) is 0 Å². The van der Waals surface area contributed by atoms with Crippen LogP contribution in [0.25, 0.3) is 0 Å². The lowest BCUT2D eigenvalue weighted by Gasteiger charge is -2.22. The van der Waals surface area contributed by atoms with Crippen LogP contribution in [-0.4, -0.2) is 18.5 Å². The molecule has 0 amide bonds. The fourth-order valence-corrected chi connectivity index (χ4v) is 4.90. The maximum atomic E-state index is 13.2. The van der Waals surface area contributed by atoms with E-state index in [9.17, 15) is 26.7 Å². The number of aliphatic hydroxyl groups is 1. The Kier molecular flexibility index (Phi) is 6.06. The summed E-state index contributed by atoms with van der Waals surface area (Å²) in [6, 6.07) is 2.79. The number of sulfonamides is 1. The normalized spacial score (nSPS) is 13.0. The van der Waals surface area contributed by atoms with E-state index in [1.165, 1.54) is 11.4 Å². The molecule has 1 aromatic carbocycles. The molecule has 2 N–H and O–H groups in total. The third-order valence-electron chi connectivity index (χ3n) is 3.91. The van der Waals surface area contributed by atoms with E-state index in [1.807, 2.05) is 0 Å². The number of thiazole rings is 1. The van der Waals surface area contributed by atoms with E-state index in [4.69, 9.17) is 0 Å². The van der Waals surface area contributed by atoms with E-state index in [0.717, 1.165) is 17.4 Å². The predicted octanol–water partition coefficient (Wildman–Crippen LogP) is 4.73. The molecule has 0 saturated carbocycles. The fourth-order valence-electron chi connectivity index (χ4n) is 2.27. The monoisotopic (exact) mass is 472 g/mol. The van der Waals surface area contributed by atoms with Gasteiger partial charge in [0.1, 0.15) is 5.60 Å². The van der Waals surface area contributed by atoms with Crippen molar-refractivity contribution in [1.82, 2.24) is 4.98 Å². The van der Waals surface area contributed by atoms with Gasteiger partial charge in [0.2, 0.25) is 0 Å². The molecule has 0 aliphatic carbocycles. The van der Waals surface area contributed by atoms with E-state index in [0.29, 0.717) is 18.9 Å². The number of anilines is 1. The highest BCUT2D eigenvalue weighted by Gasteiger charge is 2.38. The maximum absolute atomic E-state index is 13.2. The molecular formula is C15H16BrF3N2O3S2. The minimum Gasteiger partial charge on any atom is -0.384 e. The first-order chi connectivity index (χ1) is 11.9. The number of aromatic nitrogens is 1.